The largest absolute Gasteiger partial charge is 0.328 e. The van der Waals surface area contributed by atoms with E-state index in [1.165, 1.54) is 11.1 Å². The number of benzene rings is 1. The van der Waals surface area contributed by atoms with E-state index in [9.17, 15) is 0 Å². The molecule has 90 valence electrons. The molecule has 1 aromatic carbocycles. The summed E-state index contributed by atoms with van der Waals surface area (Å²) in [4.78, 5) is 0. The van der Waals surface area contributed by atoms with Gasteiger partial charge < -0.3 is 5.73 Å². The van der Waals surface area contributed by atoms with Gasteiger partial charge in [0.2, 0.25) is 0 Å². The summed E-state index contributed by atoms with van der Waals surface area (Å²) in [6.07, 6.45) is 1.02. The molecule has 0 aliphatic carbocycles. The van der Waals surface area contributed by atoms with Crippen LogP contribution in [0.5, 0.6) is 0 Å². The van der Waals surface area contributed by atoms with Crippen molar-refractivity contribution in [3.05, 3.63) is 35.4 Å². The van der Waals surface area contributed by atoms with Crippen LogP contribution in [0.2, 0.25) is 0 Å². The molecule has 0 spiro atoms. The van der Waals surface area contributed by atoms with Gasteiger partial charge in [0.25, 0.3) is 0 Å². The van der Waals surface area contributed by atoms with Crippen LogP contribution in [0.25, 0.3) is 0 Å². The Labute approximate surface area is 100 Å². The summed E-state index contributed by atoms with van der Waals surface area (Å²) in [5, 5.41) is 0. The molecule has 1 unspecified atom stereocenters. The van der Waals surface area contributed by atoms with Crippen molar-refractivity contribution >= 4 is 0 Å². The molecule has 0 saturated heterocycles. The highest BCUT2D eigenvalue weighted by Gasteiger charge is 2.21. The maximum atomic E-state index is 5.89. The summed E-state index contributed by atoms with van der Waals surface area (Å²) >= 11 is 0. The van der Waals surface area contributed by atoms with E-state index in [0.29, 0.717) is 5.92 Å². The van der Waals surface area contributed by atoms with Crippen molar-refractivity contribution in [3.63, 3.8) is 0 Å². The predicted octanol–water partition coefficient (Wildman–Crippen LogP) is 3.82. The maximum Gasteiger partial charge on any atom is 0.00187 e. The first-order valence-corrected chi connectivity index (χ1v) is 6.19. The molecule has 2 N–H and O–H groups in total. The van der Waals surface area contributed by atoms with Gasteiger partial charge in [0.05, 0.1) is 0 Å². The van der Waals surface area contributed by atoms with Crippen molar-refractivity contribution in [2.75, 3.05) is 0 Å². The average molecular weight is 219 g/mol. The Morgan fingerprint density at radius 2 is 1.56 bits per heavy atom. The third-order valence-electron chi connectivity index (χ3n) is 3.19. The van der Waals surface area contributed by atoms with Crippen LogP contribution in [0.3, 0.4) is 0 Å². The number of hydrogen-bond donors (Lipinski definition) is 1. The third-order valence-corrected chi connectivity index (χ3v) is 3.19. The van der Waals surface area contributed by atoms with Crippen molar-refractivity contribution in [1.82, 2.24) is 0 Å². The highest BCUT2D eigenvalue weighted by atomic mass is 14.6. The van der Waals surface area contributed by atoms with Crippen molar-refractivity contribution in [1.29, 1.82) is 0 Å². The van der Waals surface area contributed by atoms with E-state index in [1.54, 1.807) is 0 Å². The lowest BCUT2D eigenvalue weighted by atomic mass is 9.79. The van der Waals surface area contributed by atoms with E-state index in [1.807, 2.05) is 0 Å². The Balaban J connectivity index is 2.88. The lowest BCUT2D eigenvalue weighted by Crippen LogP contribution is -2.28. The minimum atomic E-state index is 0.170. The van der Waals surface area contributed by atoms with Gasteiger partial charge in [-0.2, -0.15) is 0 Å². The number of nitrogens with two attached hydrogens (primary N) is 1. The lowest BCUT2D eigenvalue weighted by molar-refractivity contribution is 0.437. The Morgan fingerprint density at radius 3 is 1.94 bits per heavy atom. The van der Waals surface area contributed by atoms with Gasteiger partial charge in [-0.15, -0.1) is 0 Å². The summed E-state index contributed by atoms with van der Waals surface area (Å²) in [6.45, 7) is 11.1. The fourth-order valence-electron chi connectivity index (χ4n) is 2.24. The van der Waals surface area contributed by atoms with Gasteiger partial charge in [-0.05, 0) is 35.8 Å². The highest BCUT2D eigenvalue weighted by molar-refractivity contribution is 5.29. The molecule has 0 fully saturated rings. The smallest absolute Gasteiger partial charge is 0.00187 e. The van der Waals surface area contributed by atoms with Crippen LogP contribution in [0, 0.1) is 0 Å². The second-order valence-electron chi connectivity index (χ2n) is 5.84. The molecule has 0 aliphatic rings. The summed E-state index contributed by atoms with van der Waals surface area (Å²) < 4.78 is 0. The Hall–Kier alpha value is -0.820. The monoisotopic (exact) mass is 219 g/mol. The van der Waals surface area contributed by atoms with Crippen LogP contribution in [0.1, 0.15) is 58.1 Å². The van der Waals surface area contributed by atoms with Crippen molar-refractivity contribution in [2.45, 2.75) is 58.4 Å². The van der Waals surface area contributed by atoms with Crippen molar-refractivity contribution < 1.29 is 0 Å². The van der Waals surface area contributed by atoms with E-state index in [4.69, 9.17) is 5.73 Å². The molecular formula is C15H25N. The first-order chi connectivity index (χ1) is 7.33. The van der Waals surface area contributed by atoms with Crippen LogP contribution in [-0.2, 0) is 5.41 Å². The van der Waals surface area contributed by atoms with Crippen LogP contribution < -0.4 is 5.73 Å². The van der Waals surface area contributed by atoms with Gasteiger partial charge in [-0.1, -0.05) is 52.0 Å². The molecule has 1 atom stereocenters. The zero-order valence-corrected chi connectivity index (χ0v) is 11.2. The van der Waals surface area contributed by atoms with Gasteiger partial charge in [0.1, 0.15) is 0 Å². The lowest BCUT2D eigenvalue weighted by Gasteiger charge is -2.27. The van der Waals surface area contributed by atoms with Crippen LogP contribution in [0.15, 0.2) is 24.3 Å². The molecule has 0 radical (unpaired) electrons. The van der Waals surface area contributed by atoms with Gasteiger partial charge in [-0.25, -0.2) is 0 Å². The first kappa shape index (κ1) is 13.2. The van der Waals surface area contributed by atoms with E-state index in [0.717, 1.165) is 6.42 Å². The molecule has 0 aromatic heterocycles. The van der Waals surface area contributed by atoms with Gasteiger partial charge >= 0.3 is 0 Å². The minimum absolute atomic E-state index is 0.170. The van der Waals surface area contributed by atoms with E-state index in [-0.39, 0.29) is 11.5 Å². The molecule has 0 heterocycles. The average Bonchev–Trinajstić information content (AvgIpc) is 2.16. The molecule has 16 heavy (non-hydrogen) atoms. The van der Waals surface area contributed by atoms with Crippen LogP contribution in [0.4, 0.5) is 0 Å². The zero-order chi connectivity index (χ0) is 12.3. The third kappa shape index (κ3) is 3.34. The summed E-state index contributed by atoms with van der Waals surface area (Å²) in [7, 11) is 0. The zero-order valence-electron chi connectivity index (χ0n) is 11.2. The van der Waals surface area contributed by atoms with E-state index >= 15 is 0 Å². The quantitative estimate of drug-likeness (QED) is 0.818. The molecule has 0 aliphatic heterocycles. The minimum Gasteiger partial charge on any atom is -0.328 e. The topological polar surface area (TPSA) is 26.0 Å². The van der Waals surface area contributed by atoms with Crippen molar-refractivity contribution in [2.24, 2.45) is 5.73 Å². The molecule has 1 heteroatoms. The SMILES string of the molecule is CC(N)CC(C)(C)c1ccc(C(C)C)cc1. The fraction of sp³-hybridized carbons (Fsp3) is 0.600. The van der Waals surface area contributed by atoms with E-state index in [2.05, 4.69) is 58.9 Å². The molecular weight excluding hydrogens is 194 g/mol. The van der Waals surface area contributed by atoms with E-state index < -0.39 is 0 Å². The predicted molar refractivity (Wildman–Crippen MR) is 71.8 cm³/mol. The van der Waals surface area contributed by atoms with Gasteiger partial charge in [0, 0.05) is 6.04 Å². The summed E-state index contributed by atoms with van der Waals surface area (Å²) in [5.41, 5.74) is 8.85. The number of rotatable bonds is 4. The second-order valence-corrected chi connectivity index (χ2v) is 5.84. The standard InChI is InChI=1S/C15H25N/c1-11(2)13-6-8-14(9-7-13)15(4,5)10-12(3)16/h6-9,11-12H,10,16H2,1-5H3. The molecule has 1 nitrogen and oxygen atoms in total. The molecule has 1 aromatic rings. The molecule has 0 bridgehead atoms. The second kappa shape index (κ2) is 5.01. The maximum absolute atomic E-state index is 5.89. The summed E-state index contributed by atoms with van der Waals surface area (Å²) in [5.74, 6) is 0.602. The first-order valence-electron chi connectivity index (χ1n) is 6.19. The fourth-order valence-corrected chi connectivity index (χ4v) is 2.24. The summed E-state index contributed by atoms with van der Waals surface area (Å²) in [6, 6.07) is 9.22. The van der Waals surface area contributed by atoms with Crippen LogP contribution in [-0.4, -0.2) is 6.04 Å². The van der Waals surface area contributed by atoms with Crippen LogP contribution >= 0.6 is 0 Å². The Bertz CT molecular complexity index is 320. The molecule has 1 rings (SSSR count). The Kier molecular flexibility index (Phi) is 4.15. The highest BCUT2D eigenvalue weighted by Crippen LogP contribution is 2.29. The number of hydrogen-bond acceptors (Lipinski definition) is 1. The van der Waals surface area contributed by atoms with Crippen molar-refractivity contribution in [3.8, 4) is 0 Å². The van der Waals surface area contributed by atoms with Gasteiger partial charge in [-0.3, -0.25) is 0 Å². The van der Waals surface area contributed by atoms with Gasteiger partial charge in [0.15, 0.2) is 0 Å². The molecule has 0 amide bonds. The Morgan fingerprint density at radius 1 is 1.06 bits per heavy atom. The molecule has 0 saturated carbocycles. The normalized spacial score (nSPS) is 14.2.